The zero-order chi connectivity index (χ0) is 13.8. The monoisotopic (exact) mass is 268 g/mol. The summed E-state index contributed by atoms with van der Waals surface area (Å²) in [4.78, 5) is 9.84. The SMILES string of the molecule is NCCn1cc([N+](=O)[O-])c(OCCC(F)(F)F)n1. The average Bonchev–Trinajstić information content (AvgIpc) is 2.60. The molecule has 1 heterocycles. The number of hydrogen-bond donors (Lipinski definition) is 1. The van der Waals surface area contributed by atoms with E-state index < -0.39 is 35.7 Å². The number of nitrogens with zero attached hydrogens (tertiary/aromatic N) is 3. The molecule has 2 N–H and O–H groups in total. The van der Waals surface area contributed by atoms with Crippen molar-refractivity contribution in [3.63, 3.8) is 0 Å². The van der Waals surface area contributed by atoms with Gasteiger partial charge in [-0.05, 0) is 0 Å². The molecule has 0 saturated heterocycles. The smallest absolute Gasteiger partial charge is 0.392 e. The number of rotatable bonds is 6. The minimum Gasteiger partial charge on any atom is -0.471 e. The summed E-state index contributed by atoms with van der Waals surface area (Å²) in [6, 6.07) is 0. The van der Waals surface area contributed by atoms with E-state index in [0.29, 0.717) is 0 Å². The molecule has 0 aromatic carbocycles. The highest BCUT2D eigenvalue weighted by molar-refractivity contribution is 5.38. The molecule has 0 fully saturated rings. The van der Waals surface area contributed by atoms with Crippen LogP contribution in [0.1, 0.15) is 6.42 Å². The van der Waals surface area contributed by atoms with Crippen molar-refractivity contribution in [1.29, 1.82) is 0 Å². The van der Waals surface area contributed by atoms with Crippen molar-refractivity contribution in [3.8, 4) is 5.88 Å². The molecule has 0 bridgehead atoms. The molecule has 7 nitrogen and oxygen atoms in total. The summed E-state index contributed by atoms with van der Waals surface area (Å²) in [6.45, 7) is -0.311. The van der Waals surface area contributed by atoms with Gasteiger partial charge in [0.25, 0.3) is 0 Å². The first kappa shape index (κ1) is 14.2. The lowest BCUT2D eigenvalue weighted by atomic mass is 10.4. The second-order valence-electron chi connectivity index (χ2n) is 3.34. The fourth-order valence-corrected chi connectivity index (χ4v) is 1.13. The Morgan fingerprint density at radius 2 is 2.22 bits per heavy atom. The van der Waals surface area contributed by atoms with Gasteiger partial charge in [-0.3, -0.25) is 14.8 Å². The maximum Gasteiger partial charge on any atom is 0.392 e. The number of ether oxygens (including phenoxy) is 1. The van der Waals surface area contributed by atoms with E-state index >= 15 is 0 Å². The van der Waals surface area contributed by atoms with Crippen LogP contribution in [-0.2, 0) is 6.54 Å². The molecule has 1 aromatic heterocycles. The van der Waals surface area contributed by atoms with E-state index in [1.807, 2.05) is 0 Å². The van der Waals surface area contributed by atoms with Crippen molar-refractivity contribution in [1.82, 2.24) is 9.78 Å². The van der Waals surface area contributed by atoms with Crippen LogP contribution in [0.15, 0.2) is 6.20 Å². The molecule has 102 valence electrons. The van der Waals surface area contributed by atoms with Gasteiger partial charge in [0, 0.05) is 6.54 Å². The van der Waals surface area contributed by atoms with Gasteiger partial charge in [-0.2, -0.15) is 13.2 Å². The number of nitrogens with two attached hydrogens (primary N) is 1. The summed E-state index contributed by atoms with van der Waals surface area (Å²) in [7, 11) is 0. The Balaban J connectivity index is 2.71. The van der Waals surface area contributed by atoms with E-state index in [1.165, 1.54) is 0 Å². The predicted molar refractivity (Wildman–Crippen MR) is 54.1 cm³/mol. The molecule has 10 heteroatoms. The minimum absolute atomic E-state index is 0.195. The molecule has 0 spiro atoms. The van der Waals surface area contributed by atoms with Crippen LogP contribution in [0.25, 0.3) is 0 Å². The first-order valence-electron chi connectivity index (χ1n) is 4.95. The van der Waals surface area contributed by atoms with E-state index in [9.17, 15) is 23.3 Å². The maximum atomic E-state index is 11.9. The third-order valence-electron chi connectivity index (χ3n) is 1.89. The molecule has 0 aliphatic heterocycles. The number of halogens is 3. The largest absolute Gasteiger partial charge is 0.471 e. The molecule has 0 unspecified atom stereocenters. The minimum atomic E-state index is -4.38. The molecule has 1 rings (SSSR count). The highest BCUT2D eigenvalue weighted by Crippen LogP contribution is 2.26. The van der Waals surface area contributed by atoms with E-state index in [2.05, 4.69) is 9.84 Å². The van der Waals surface area contributed by atoms with Crippen molar-refractivity contribution in [2.24, 2.45) is 5.73 Å². The van der Waals surface area contributed by atoms with Gasteiger partial charge in [0.05, 0.1) is 24.5 Å². The Bertz CT molecular complexity index is 418. The molecule has 0 atom stereocenters. The van der Waals surface area contributed by atoms with Crippen molar-refractivity contribution in [2.45, 2.75) is 19.1 Å². The van der Waals surface area contributed by atoms with Crippen LogP contribution in [0.2, 0.25) is 0 Å². The van der Waals surface area contributed by atoms with Crippen molar-refractivity contribution in [2.75, 3.05) is 13.2 Å². The fourth-order valence-electron chi connectivity index (χ4n) is 1.13. The predicted octanol–water partition coefficient (Wildman–Crippen LogP) is 1.08. The summed E-state index contributed by atoms with van der Waals surface area (Å²) in [5.74, 6) is -0.433. The second-order valence-corrected chi connectivity index (χ2v) is 3.34. The van der Waals surface area contributed by atoms with E-state index in [0.717, 1.165) is 10.9 Å². The molecule has 0 amide bonds. The van der Waals surface area contributed by atoms with E-state index in [-0.39, 0.29) is 13.1 Å². The lowest BCUT2D eigenvalue weighted by Crippen LogP contribution is -2.14. The molecule has 18 heavy (non-hydrogen) atoms. The Kier molecular flexibility index (Phi) is 4.48. The number of nitro groups is 1. The van der Waals surface area contributed by atoms with Crippen LogP contribution in [0.3, 0.4) is 0 Å². The highest BCUT2D eigenvalue weighted by Gasteiger charge is 2.28. The average molecular weight is 268 g/mol. The number of aromatic nitrogens is 2. The lowest BCUT2D eigenvalue weighted by molar-refractivity contribution is -0.386. The van der Waals surface area contributed by atoms with Crippen LogP contribution >= 0.6 is 0 Å². The van der Waals surface area contributed by atoms with Gasteiger partial charge in [-0.15, -0.1) is 5.10 Å². The Morgan fingerprint density at radius 1 is 1.56 bits per heavy atom. The van der Waals surface area contributed by atoms with Crippen LogP contribution in [0, 0.1) is 10.1 Å². The van der Waals surface area contributed by atoms with Crippen molar-refractivity contribution < 1.29 is 22.8 Å². The Labute approximate surface area is 99.5 Å². The first-order valence-corrected chi connectivity index (χ1v) is 4.95. The summed E-state index contributed by atoms with van der Waals surface area (Å²) in [6.07, 6.45) is -4.52. The topological polar surface area (TPSA) is 96.2 Å². The normalized spacial score (nSPS) is 11.6. The van der Waals surface area contributed by atoms with Gasteiger partial charge in [0.1, 0.15) is 6.20 Å². The zero-order valence-corrected chi connectivity index (χ0v) is 9.18. The zero-order valence-electron chi connectivity index (χ0n) is 9.18. The van der Waals surface area contributed by atoms with Crippen LogP contribution in [-0.4, -0.2) is 34.0 Å². The summed E-state index contributed by atoms with van der Waals surface area (Å²) in [5.41, 5.74) is 4.75. The van der Waals surface area contributed by atoms with Gasteiger partial charge in [-0.1, -0.05) is 0 Å². The van der Waals surface area contributed by atoms with Gasteiger partial charge < -0.3 is 10.5 Å². The summed E-state index contributed by atoms with van der Waals surface area (Å²) >= 11 is 0. The van der Waals surface area contributed by atoms with Gasteiger partial charge in [0.15, 0.2) is 0 Å². The highest BCUT2D eigenvalue weighted by atomic mass is 19.4. The standard InChI is InChI=1S/C8H11F3N4O3/c9-8(10,11)1-4-18-7-6(15(16)17)5-14(13-7)3-2-12/h5H,1-4,12H2. The Morgan fingerprint density at radius 3 is 2.72 bits per heavy atom. The second kappa shape index (κ2) is 5.67. The van der Waals surface area contributed by atoms with Crippen LogP contribution in [0.4, 0.5) is 18.9 Å². The fraction of sp³-hybridized carbons (Fsp3) is 0.625. The third-order valence-corrected chi connectivity index (χ3v) is 1.89. The molecule has 0 radical (unpaired) electrons. The quantitative estimate of drug-likeness (QED) is 0.615. The van der Waals surface area contributed by atoms with Crippen molar-refractivity contribution in [3.05, 3.63) is 16.3 Å². The molecular formula is C8H11F3N4O3. The summed E-state index contributed by atoms with van der Waals surface area (Å²) in [5, 5.41) is 14.3. The maximum absolute atomic E-state index is 11.9. The number of hydrogen-bond acceptors (Lipinski definition) is 5. The van der Waals surface area contributed by atoms with Crippen LogP contribution < -0.4 is 10.5 Å². The van der Waals surface area contributed by atoms with Crippen LogP contribution in [0.5, 0.6) is 5.88 Å². The third kappa shape index (κ3) is 4.20. The molecule has 1 aromatic rings. The van der Waals surface area contributed by atoms with E-state index in [1.54, 1.807) is 0 Å². The number of alkyl halides is 3. The van der Waals surface area contributed by atoms with Crippen molar-refractivity contribution >= 4 is 5.69 Å². The van der Waals surface area contributed by atoms with Gasteiger partial charge >= 0.3 is 17.7 Å². The molecule has 0 aliphatic rings. The molecular weight excluding hydrogens is 257 g/mol. The molecule has 0 aliphatic carbocycles. The Hall–Kier alpha value is -1.84. The first-order chi connectivity index (χ1) is 8.33. The van der Waals surface area contributed by atoms with E-state index in [4.69, 9.17) is 5.73 Å². The summed E-state index contributed by atoms with van der Waals surface area (Å²) < 4.78 is 41.5. The van der Waals surface area contributed by atoms with Gasteiger partial charge in [-0.25, -0.2) is 0 Å². The van der Waals surface area contributed by atoms with Gasteiger partial charge in [0.2, 0.25) is 0 Å². The molecule has 0 saturated carbocycles. The lowest BCUT2D eigenvalue weighted by Gasteiger charge is -2.05.